The molecule has 0 radical (unpaired) electrons. The van der Waals surface area contributed by atoms with Gasteiger partial charge in [0.1, 0.15) is 11.4 Å². The van der Waals surface area contributed by atoms with Crippen LogP contribution in [0.5, 0.6) is 5.75 Å². The summed E-state index contributed by atoms with van der Waals surface area (Å²) in [7, 11) is 1.61. The van der Waals surface area contributed by atoms with Crippen molar-refractivity contribution in [3.63, 3.8) is 0 Å². The molecule has 1 amide bonds. The van der Waals surface area contributed by atoms with Gasteiger partial charge in [-0.3, -0.25) is 9.48 Å². The molecule has 0 unspecified atom stereocenters. The lowest BCUT2D eigenvalue weighted by molar-refractivity contribution is 0.102. The maximum atomic E-state index is 13.3. The summed E-state index contributed by atoms with van der Waals surface area (Å²) in [5.74, 6) is 0.875. The quantitative estimate of drug-likeness (QED) is 0.378. The molecule has 0 fully saturated rings. The van der Waals surface area contributed by atoms with Crippen LogP contribution in [0.4, 0.5) is 5.82 Å². The standard InChI is InChI=1S/C27H23N5O2/c1-34-23-14-8-11-21(17-23)26-24(19-31(30-26)18-20-9-4-2-5-10-20)27(33)28-25-15-16-32(29-25)22-12-6-3-7-13-22/h2-17,19H,18H2,1H3,(H,28,29,33). The first-order valence-corrected chi connectivity index (χ1v) is 10.9. The van der Waals surface area contributed by atoms with E-state index in [0.29, 0.717) is 29.4 Å². The summed E-state index contributed by atoms with van der Waals surface area (Å²) in [6, 6.07) is 29.0. The number of benzene rings is 3. The van der Waals surface area contributed by atoms with Crippen LogP contribution in [0, 0.1) is 0 Å². The van der Waals surface area contributed by atoms with Gasteiger partial charge in [-0.05, 0) is 29.8 Å². The van der Waals surface area contributed by atoms with Gasteiger partial charge in [-0.25, -0.2) is 4.68 Å². The minimum Gasteiger partial charge on any atom is -0.497 e. The van der Waals surface area contributed by atoms with E-state index in [0.717, 1.165) is 16.8 Å². The molecule has 34 heavy (non-hydrogen) atoms. The van der Waals surface area contributed by atoms with Gasteiger partial charge in [0.25, 0.3) is 5.91 Å². The molecule has 2 aromatic heterocycles. The summed E-state index contributed by atoms with van der Waals surface area (Å²) in [5, 5.41) is 12.1. The Labute approximate surface area is 197 Å². The Bertz CT molecular complexity index is 1410. The Morgan fingerprint density at radius 3 is 2.44 bits per heavy atom. The number of carbonyl (C=O) groups excluding carboxylic acids is 1. The molecule has 5 rings (SSSR count). The number of ether oxygens (including phenoxy) is 1. The average molecular weight is 450 g/mol. The molecule has 0 spiro atoms. The first-order valence-electron chi connectivity index (χ1n) is 10.9. The van der Waals surface area contributed by atoms with Gasteiger partial charge in [0.15, 0.2) is 5.82 Å². The second-order valence-corrected chi connectivity index (χ2v) is 7.74. The molecule has 0 saturated heterocycles. The number of methoxy groups -OCH3 is 1. The number of para-hydroxylation sites is 1. The van der Waals surface area contributed by atoms with Crippen LogP contribution < -0.4 is 10.1 Å². The van der Waals surface area contributed by atoms with Crippen LogP contribution in [0.2, 0.25) is 0 Å². The molecule has 0 bridgehead atoms. The van der Waals surface area contributed by atoms with Crippen molar-refractivity contribution in [1.82, 2.24) is 19.6 Å². The Balaban J connectivity index is 1.46. The minimum absolute atomic E-state index is 0.282. The van der Waals surface area contributed by atoms with Gasteiger partial charge in [-0.1, -0.05) is 60.7 Å². The number of hydrogen-bond donors (Lipinski definition) is 1. The summed E-state index contributed by atoms with van der Waals surface area (Å²) < 4.78 is 8.87. The molecule has 168 valence electrons. The Morgan fingerprint density at radius 1 is 0.912 bits per heavy atom. The molecule has 0 atom stereocenters. The normalized spacial score (nSPS) is 10.7. The minimum atomic E-state index is -0.282. The molecular weight excluding hydrogens is 426 g/mol. The summed E-state index contributed by atoms with van der Waals surface area (Å²) in [6.07, 6.45) is 3.58. The second kappa shape index (κ2) is 9.46. The molecule has 0 aliphatic rings. The number of aromatic nitrogens is 4. The fourth-order valence-corrected chi connectivity index (χ4v) is 3.72. The fourth-order valence-electron chi connectivity index (χ4n) is 3.72. The highest BCUT2D eigenvalue weighted by Gasteiger charge is 2.20. The molecule has 7 heteroatoms. The summed E-state index contributed by atoms with van der Waals surface area (Å²) in [6.45, 7) is 0.549. The number of amides is 1. The molecule has 2 heterocycles. The number of anilines is 1. The average Bonchev–Trinajstić information content (AvgIpc) is 3.53. The van der Waals surface area contributed by atoms with Crippen molar-refractivity contribution in [3.8, 4) is 22.7 Å². The number of nitrogens with one attached hydrogen (secondary N) is 1. The van der Waals surface area contributed by atoms with E-state index in [-0.39, 0.29) is 5.91 Å². The van der Waals surface area contributed by atoms with Gasteiger partial charge >= 0.3 is 0 Å². The lowest BCUT2D eigenvalue weighted by Crippen LogP contribution is -2.13. The van der Waals surface area contributed by atoms with Crippen LogP contribution in [0.15, 0.2) is 103 Å². The summed E-state index contributed by atoms with van der Waals surface area (Å²) >= 11 is 0. The van der Waals surface area contributed by atoms with Crippen molar-refractivity contribution >= 4 is 11.7 Å². The molecule has 5 aromatic rings. The van der Waals surface area contributed by atoms with Gasteiger partial charge in [-0.15, -0.1) is 0 Å². The number of hydrogen-bond acceptors (Lipinski definition) is 4. The zero-order valence-corrected chi connectivity index (χ0v) is 18.6. The van der Waals surface area contributed by atoms with Crippen LogP contribution in [-0.4, -0.2) is 32.6 Å². The predicted octanol–water partition coefficient (Wildman–Crippen LogP) is 5.05. The zero-order chi connectivity index (χ0) is 23.3. The van der Waals surface area contributed by atoms with E-state index in [1.807, 2.05) is 91.1 Å². The lowest BCUT2D eigenvalue weighted by Gasteiger charge is -2.05. The van der Waals surface area contributed by atoms with Gasteiger partial charge < -0.3 is 10.1 Å². The van der Waals surface area contributed by atoms with E-state index in [1.54, 1.807) is 28.7 Å². The Hall–Kier alpha value is -4.65. The number of carbonyl (C=O) groups is 1. The molecule has 7 nitrogen and oxygen atoms in total. The van der Waals surface area contributed by atoms with E-state index in [2.05, 4.69) is 10.4 Å². The van der Waals surface area contributed by atoms with Crippen LogP contribution in [0.25, 0.3) is 16.9 Å². The highest BCUT2D eigenvalue weighted by molar-refractivity contribution is 6.07. The van der Waals surface area contributed by atoms with E-state index < -0.39 is 0 Å². The van der Waals surface area contributed by atoms with Gasteiger partial charge in [-0.2, -0.15) is 10.2 Å². The molecule has 3 aromatic carbocycles. The lowest BCUT2D eigenvalue weighted by atomic mass is 10.1. The van der Waals surface area contributed by atoms with E-state index >= 15 is 0 Å². The SMILES string of the molecule is COc1cccc(-c2nn(Cc3ccccc3)cc2C(=O)Nc2ccn(-c3ccccc3)n2)c1. The van der Waals surface area contributed by atoms with Gasteiger partial charge in [0.2, 0.25) is 0 Å². The van der Waals surface area contributed by atoms with Gasteiger partial charge in [0.05, 0.1) is 24.9 Å². The largest absolute Gasteiger partial charge is 0.497 e. The summed E-state index contributed by atoms with van der Waals surface area (Å²) in [4.78, 5) is 13.3. The molecule has 0 aliphatic heterocycles. The van der Waals surface area contributed by atoms with Crippen LogP contribution in [0.1, 0.15) is 15.9 Å². The number of nitrogens with zero attached hydrogens (tertiary/aromatic N) is 4. The third-order valence-electron chi connectivity index (χ3n) is 5.39. The van der Waals surface area contributed by atoms with Crippen molar-refractivity contribution < 1.29 is 9.53 Å². The van der Waals surface area contributed by atoms with Crippen molar-refractivity contribution in [3.05, 3.63) is 115 Å². The Morgan fingerprint density at radius 2 is 1.68 bits per heavy atom. The second-order valence-electron chi connectivity index (χ2n) is 7.74. The molecule has 1 N–H and O–H groups in total. The summed E-state index contributed by atoms with van der Waals surface area (Å²) in [5.41, 5.74) is 3.84. The van der Waals surface area contributed by atoms with Crippen LogP contribution in [-0.2, 0) is 6.54 Å². The van der Waals surface area contributed by atoms with Crippen molar-refractivity contribution in [1.29, 1.82) is 0 Å². The zero-order valence-electron chi connectivity index (χ0n) is 18.6. The molecule has 0 saturated carbocycles. The first kappa shape index (κ1) is 21.2. The highest BCUT2D eigenvalue weighted by atomic mass is 16.5. The third-order valence-corrected chi connectivity index (χ3v) is 5.39. The monoisotopic (exact) mass is 449 g/mol. The maximum Gasteiger partial charge on any atom is 0.260 e. The van der Waals surface area contributed by atoms with Crippen molar-refractivity contribution in [2.75, 3.05) is 12.4 Å². The van der Waals surface area contributed by atoms with Crippen molar-refractivity contribution in [2.45, 2.75) is 6.54 Å². The highest BCUT2D eigenvalue weighted by Crippen LogP contribution is 2.27. The van der Waals surface area contributed by atoms with E-state index in [4.69, 9.17) is 9.84 Å². The first-order chi connectivity index (χ1) is 16.7. The predicted molar refractivity (Wildman–Crippen MR) is 131 cm³/mol. The smallest absolute Gasteiger partial charge is 0.260 e. The van der Waals surface area contributed by atoms with E-state index in [1.165, 1.54) is 0 Å². The topological polar surface area (TPSA) is 74.0 Å². The van der Waals surface area contributed by atoms with Gasteiger partial charge in [0, 0.05) is 24.0 Å². The molecule has 0 aliphatic carbocycles. The maximum absolute atomic E-state index is 13.3. The van der Waals surface area contributed by atoms with Crippen LogP contribution in [0.3, 0.4) is 0 Å². The molecular formula is C27H23N5O2. The van der Waals surface area contributed by atoms with Crippen molar-refractivity contribution in [2.24, 2.45) is 0 Å². The Kier molecular flexibility index (Phi) is 5.90. The van der Waals surface area contributed by atoms with Crippen LogP contribution >= 0.6 is 0 Å². The third kappa shape index (κ3) is 4.59. The fraction of sp³-hybridized carbons (Fsp3) is 0.0741. The number of rotatable bonds is 7. The van der Waals surface area contributed by atoms with E-state index in [9.17, 15) is 4.79 Å².